The monoisotopic (exact) mass is 369 g/mol. The molecule has 1 aliphatic rings. The zero-order valence-corrected chi connectivity index (χ0v) is 16.1. The van der Waals surface area contributed by atoms with E-state index in [-0.39, 0.29) is 35.0 Å². The van der Waals surface area contributed by atoms with Crippen LogP contribution in [0.15, 0.2) is 28.0 Å². The van der Waals surface area contributed by atoms with Gasteiger partial charge in [-0.1, -0.05) is 0 Å². The Labute approximate surface area is 149 Å². The summed E-state index contributed by atoms with van der Waals surface area (Å²) >= 11 is 0. The van der Waals surface area contributed by atoms with Gasteiger partial charge in [-0.05, 0) is 46.6 Å². The zero-order valence-electron chi connectivity index (χ0n) is 15.3. The van der Waals surface area contributed by atoms with Crippen LogP contribution in [0.5, 0.6) is 0 Å². The summed E-state index contributed by atoms with van der Waals surface area (Å²) < 4.78 is 27.9. The van der Waals surface area contributed by atoms with Gasteiger partial charge in [0.05, 0.1) is 4.90 Å². The fourth-order valence-electron chi connectivity index (χ4n) is 3.26. The Morgan fingerprint density at radius 3 is 2.20 bits per heavy atom. The lowest BCUT2D eigenvalue weighted by Gasteiger charge is -2.31. The van der Waals surface area contributed by atoms with Crippen LogP contribution in [-0.2, 0) is 21.4 Å². The lowest BCUT2D eigenvalue weighted by atomic mass is 10.2. The summed E-state index contributed by atoms with van der Waals surface area (Å²) in [4.78, 5) is 26.4. The van der Waals surface area contributed by atoms with Crippen molar-refractivity contribution < 1.29 is 13.2 Å². The first-order valence-electron chi connectivity index (χ1n) is 8.66. The number of aromatic nitrogens is 1. The van der Waals surface area contributed by atoms with Crippen LogP contribution in [0, 0.1) is 0 Å². The SMILES string of the molecule is CC(C)N(C(=O)Cn1cc(S(=O)(=O)N2CCCC2)ccc1=O)C(C)C. The van der Waals surface area contributed by atoms with E-state index in [1.54, 1.807) is 4.90 Å². The molecule has 8 heteroatoms. The third kappa shape index (κ3) is 4.30. The van der Waals surface area contributed by atoms with Gasteiger partial charge in [0, 0.05) is 37.4 Å². The average molecular weight is 369 g/mol. The number of hydrogen-bond donors (Lipinski definition) is 0. The quantitative estimate of drug-likeness (QED) is 0.757. The van der Waals surface area contributed by atoms with E-state index in [1.807, 2.05) is 27.7 Å². The van der Waals surface area contributed by atoms with Gasteiger partial charge in [0.15, 0.2) is 0 Å². The maximum absolute atomic E-state index is 12.6. The summed E-state index contributed by atoms with van der Waals surface area (Å²) in [5.74, 6) is -0.206. The molecule has 140 valence electrons. The lowest BCUT2D eigenvalue weighted by Crippen LogP contribution is -2.44. The molecule has 2 rings (SSSR count). The minimum absolute atomic E-state index is 0.000262. The van der Waals surface area contributed by atoms with Gasteiger partial charge in [-0.3, -0.25) is 9.59 Å². The van der Waals surface area contributed by atoms with E-state index < -0.39 is 10.0 Å². The van der Waals surface area contributed by atoms with Crippen molar-refractivity contribution in [1.29, 1.82) is 0 Å². The Morgan fingerprint density at radius 1 is 1.12 bits per heavy atom. The second kappa shape index (κ2) is 7.70. The van der Waals surface area contributed by atoms with Crippen LogP contribution in [0.25, 0.3) is 0 Å². The molecule has 0 saturated carbocycles. The number of nitrogens with zero attached hydrogens (tertiary/aromatic N) is 3. The molecule has 1 aromatic heterocycles. The predicted molar refractivity (Wildman–Crippen MR) is 95.8 cm³/mol. The number of rotatable bonds is 6. The minimum atomic E-state index is -3.62. The highest BCUT2D eigenvalue weighted by Gasteiger charge is 2.28. The van der Waals surface area contributed by atoms with Crippen LogP contribution in [0.3, 0.4) is 0 Å². The van der Waals surface area contributed by atoms with Crippen molar-refractivity contribution in [2.75, 3.05) is 13.1 Å². The fraction of sp³-hybridized carbons (Fsp3) is 0.647. The second-order valence-electron chi connectivity index (χ2n) is 6.93. The predicted octanol–water partition coefficient (Wildman–Crippen LogP) is 1.28. The van der Waals surface area contributed by atoms with Gasteiger partial charge >= 0.3 is 0 Å². The Bertz CT molecular complexity index is 769. The molecule has 0 aromatic carbocycles. The highest BCUT2D eigenvalue weighted by Crippen LogP contribution is 2.19. The normalized spacial score (nSPS) is 15.9. The van der Waals surface area contributed by atoms with Crippen molar-refractivity contribution in [1.82, 2.24) is 13.8 Å². The molecular weight excluding hydrogens is 342 g/mol. The molecule has 0 unspecified atom stereocenters. The first-order valence-corrected chi connectivity index (χ1v) is 10.1. The van der Waals surface area contributed by atoms with Crippen molar-refractivity contribution in [3.63, 3.8) is 0 Å². The van der Waals surface area contributed by atoms with E-state index in [9.17, 15) is 18.0 Å². The summed E-state index contributed by atoms with van der Waals surface area (Å²) in [6.45, 7) is 8.47. The van der Waals surface area contributed by atoms with Gasteiger partial charge in [0.2, 0.25) is 15.9 Å². The highest BCUT2D eigenvalue weighted by atomic mass is 32.2. The smallest absolute Gasteiger partial charge is 0.251 e. The number of sulfonamides is 1. The Hall–Kier alpha value is -1.67. The van der Waals surface area contributed by atoms with E-state index in [4.69, 9.17) is 0 Å². The molecular formula is C17H27N3O4S. The molecule has 0 spiro atoms. The molecule has 25 heavy (non-hydrogen) atoms. The molecule has 7 nitrogen and oxygen atoms in total. The van der Waals surface area contributed by atoms with Crippen molar-refractivity contribution >= 4 is 15.9 Å². The highest BCUT2D eigenvalue weighted by molar-refractivity contribution is 7.89. The molecule has 0 bridgehead atoms. The summed E-state index contributed by atoms with van der Waals surface area (Å²) in [7, 11) is -3.62. The number of hydrogen-bond acceptors (Lipinski definition) is 4. The first-order chi connectivity index (χ1) is 11.6. The Morgan fingerprint density at radius 2 is 1.68 bits per heavy atom. The zero-order chi connectivity index (χ0) is 18.8. The molecule has 1 aliphatic heterocycles. The topological polar surface area (TPSA) is 79.7 Å². The molecule has 1 saturated heterocycles. The van der Waals surface area contributed by atoms with Crippen LogP contribution >= 0.6 is 0 Å². The standard InChI is InChI=1S/C17H27N3O4S/c1-13(2)20(14(3)4)17(22)12-18-11-15(7-8-16(18)21)25(23,24)19-9-5-6-10-19/h7-8,11,13-14H,5-6,9-10,12H2,1-4H3. The van der Waals surface area contributed by atoms with Gasteiger partial charge in [0.25, 0.3) is 5.56 Å². The number of amides is 1. The summed E-state index contributed by atoms with van der Waals surface area (Å²) in [6, 6.07) is 2.53. The Balaban J connectivity index is 2.30. The average Bonchev–Trinajstić information content (AvgIpc) is 3.03. The molecule has 0 atom stereocenters. The van der Waals surface area contributed by atoms with Crippen LogP contribution in [0.2, 0.25) is 0 Å². The van der Waals surface area contributed by atoms with Crippen LogP contribution in [-0.4, -0.2) is 53.3 Å². The fourth-order valence-corrected chi connectivity index (χ4v) is 4.80. The van der Waals surface area contributed by atoms with Gasteiger partial charge in [-0.15, -0.1) is 0 Å². The number of pyridine rings is 1. The van der Waals surface area contributed by atoms with E-state index in [2.05, 4.69) is 0 Å². The van der Waals surface area contributed by atoms with Gasteiger partial charge < -0.3 is 9.47 Å². The van der Waals surface area contributed by atoms with E-state index in [0.717, 1.165) is 12.8 Å². The molecule has 0 aliphatic carbocycles. The third-order valence-corrected chi connectivity index (χ3v) is 6.25. The first kappa shape index (κ1) is 19.7. The van der Waals surface area contributed by atoms with Crippen LogP contribution < -0.4 is 5.56 Å². The molecule has 1 aromatic rings. The van der Waals surface area contributed by atoms with Crippen LogP contribution in [0.4, 0.5) is 0 Å². The summed E-state index contributed by atoms with van der Waals surface area (Å²) in [6.07, 6.45) is 2.97. The maximum atomic E-state index is 12.6. The lowest BCUT2D eigenvalue weighted by molar-refractivity contribution is -0.135. The third-order valence-electron chi connectivity index (χ3n) is 4.37. The van der Waals surface area contributed by atoms with Crippen molar-refractivity contribution in [2.45, 2.75) is 64.1 Å². The van der Waals surface area contributed by atoms with Gasteiger partial charge in [-0.25, -0.2) is 8.42 Å². The van der Waals surface area contributed by atoms with E-state index in [1.165, 1.54) is 27.2 Å². The minimum Gasteiger partial charge on any atom is -0.336 e. The molecule has 0 radical (unpaired) electrons. The number of carbonyl (C=O) groups excluding carboxylic acids is 1. The Kier molecular flexibility index (Phi) is 6.05. The second-order valence-corrected chi connectivity index (χ2v) is 8.87. The maximum Gasteiger partial charge on any atom is 0.251 e. The molecule has 0 N–H and O–H groups in total. The van der Waals surface area contributed by atoms with Crippen molar-refractivity contribution in [3.05, 3.63) is 28.7 Å². The summed E-state index contributed by atoms with van der Waals surface area (Å²) in [5, 5.41) is 0. The van der Waals surface area contributed by atoms with Crippen LogP contribution in [0.1, 0.15) is 40.5 Å². The number of carbonyl (C=O) groups is 1. The molecule has 1 amide bonds. The largest absolute Gasteiger partial charge is 0.336 e. The van der Waals surface area contributed by atoms with E-state index in [0.29, 0.717) is 13.1 Å². The van der Waals surface area contributed by atoms with Gasteiger partial charge in [0.1, 0.15) is 6.54 Å². The molecule has 2 heterocycles. The summed E-state index contributed by atoms with van der Waals surface area (Å²) in [5.41, 5.74) is -0.388. The molecule has 1 fully saturated rings. The van der Waals surface area contributed by atoms with Gasteiger partial charge in [-0.2, -0.15) is 4.31 Å². The van der Waals surface area contributed by atoms with Crippen molar-refractivity contribution in [3.8, 4) is 0 Å². The van der Waals surface area contributed by atoms with Crippen molar-refractivity contribution in [2.24, 2.45) is 0 Å². The van der Waals surface area contributed by atoms with E-state index >= 15 is 0 Å².